The molecule has 0 aliphatic heterocycles. The number of nitrogens with one attached hydrogen (secondary N) is 2. The van der Waals surface area contributed by atoms with Crippen molar-refractivity contribution in [3.8, 4) is 0 Å². The Morgan fingerprint density at radius 3 is 1.51 bits per heavy atom. The first-order valence-corrected chi connectivity index (χ1v) is 27.1. The van der Waals surface area contributed by atoms with E-state index in [1.54, 1.807) is 0 Å². The van der Waals surface area contributed by atoms with E-state index in [0.29, 0.717) is 12.8 Å². The van der Waals surface area contributed by atoms with Gasteiger partial charge in [-0.2, -0.15) is 0 Å². The molecule has 18 heteroatoms. The number of hydrogen-bond acceptors (Lipinski definition) is 12. The predicted molar refractivity (Wildman–Crippen MR) is 263 cm³/mol. The van der Waals surface area contributed by atoms with Crippen LogP contribution >= 0.6 is 7.82 Å². The lowest BCUT2D eigenvalue weighted by Gasteiger charge is -2.20. The summed E-state index contributed by atoms with van der Waals surface area (Å²) >= 11 is 0. The first-order chi connectivity index (χ1) is 32.6. The number of ether oxygens (including phenoxy) is 4. The Labute approximate surface area is 403 Å². The fourth-order valence-electron chi connectivity index (χ4n) is 6.71. The van der Waals surface area contributed by atoms with Crippen molar-refractivity contribution in [2.45, 2.75) is 200 Å². The molecule has 0 rings (SSSR count). The van der Waals surface area contributed by atoms with Gasteiger partial charge in [0, 0.05) is 37.4 Å². The van der Waals surface area contributed by atoms with E-state index in [4.69, 9.17) is 33.5 Å². The van der Waals surface area contributed by atoms with Crippen molar-refractivity contribution in [2.24, 2.45) is 5.11 Å². The Bertz CT molecular complexity index is 1380. The van der Waals surface area contributed by atoms with Crippen molar-refractivity contribution in [3.05, 3.63) is 34.7 Å². The van der Waals surface area contributed by atoms with E-state index in [2.05, 4.69) is 58.8 Å². The van der Waals surface area contributed by atoms with E-state index in [-0.39, 0.29) is 72.1 Å². The van der Waals surface area contributed by atoms with Gasteiger partial charge in [-0.05, 0) is 69.7 Å². The summed E-state index contributed by atoms with van der Waals surface area (Å²) in [6.45, 7) is 2.93. The quantitative estimate of drug-likeness (QED) is 0.00982. The SMILES string of the molecule is CCCCCCCCC=CCCCCCCCC(=O)OCC(COP(=O)(O)OCCNC(=O)COCCNC(=O)COCCN=[N+]=[N-])OC(=O)CCCCCCCC=CCCCCCCCC. The van der Waals surface area contributed by atoms with Crippen molar-refractivity contribution < 1.29 is 56.6 Å². The third kappa shape index (κ3) is 48.9. The lowest BCUT2D eigenvalue weighted by Crippen LogP contribution is -2.33. The summed E-state index contributed by atoms with van der Waals surface area (Å²) in [5.74, 6) is -1.89. The molecule has 0 aliphatic rings. The number of amides is 2. The normalized spacial score (nSPS) is 12.8. The highest BCUT2D eigenvalue weighted by Gasteiger charge is 2.26. The van der Waals surface area contributed by atoms with Gasteiger partial charge in [0.05, 0.1) is 26.4 Å². The van der Waals surface area contributed by atoms with Crippen LogP contribution in [-0.4, -0.2) is 101 Å². The first kappa shape index (κ1) is 63.7. The van der Waals surface area contributed by atoms with Crippen molar-refractivity contribution in [1.29, 1.82) is 0 Å². The number of phosphoric acid groups is 1. The molecule has 17 nitrogen and oxygen atoms in total. The topological polar surface area (TPSA) is 234 Å². The zero-order valence-electron chi connectivity index (χ0n) is 41.5. The van der Waals surface area contributed by atoms with E-state index in [9.17, 15) is 28.6 Å². The predicted octanol–water partition coefficient (Wildman–Crippen LogP) is 11.2. The van der Waals surface area contributed by atoms with Crippen LogP contribution in [-0.2, 0) is 51.7 Å². The van der Waals surface area contributed by atoms with E-state index in [1.165, 1.54) is 77.0 Å². The fourth-order valence-corrected chi connectivity index (χ4v) is 7.46. The second-order valence-corrected chi connectivity index (χ2v) is 18.3. The third-order valence-corrected chi connectivity index (χ3v) is 11.5. The minimum absolute atomic E-state index is 0.0459. The molecule has 388 valence electrons. The average molecular weight is 972 g/mol. The molecule has 0 aliphatic carbocycles. The molecule has 0 heterocycles. The maximum absolute atomic E-state index is 12.8. The van der Waals surface area contributed by atoms with Gasteiger partial charge in [0.1, 0.15) is 19.8 Å². The van der Waals surface area contributed by atoms with Crippen LogP contribution in [0.15, 0.2) is 29.4 Å². The number of carbonyl (C=O) groups is 4. The summed E-state index contributed by atoms with van der Waals surface area (Å²) < 4.78 is 43.9. The van der Waals surface area contributed by atoms with Gasteiger partial charge in [0.2, 0.25) is 11.8 Å². The van der Waals surface area contributed by atoms with Crippen LogP contribution in [0.5, 0.6) is 0 Å². The molecule has 0 radical (unpaired) electrons. The van der Waals surface area contributed by atoms with Gasteiger partial charge in [0.25, 0.3) is 0 Å². The van der Waals surface area contributed by atoms with Crippen LogP contribution in [0.4, 0.5) is 0 Å². The smallest absolute Gasteiger partial charge is 0.462 e. The van der Waals surface area contributed by atoms with Gasteiger partial charge in [-0.15, -0.1) is 0 Å². The Kier molecular flexibility index (Phi) is 46.7. The van der Waals surface area contributed by atoms with E-state index >= 15 is 0 Å². The molecule has 0 saturated carbocycles. The lowest BCUT2D eigenvalue weighted by molar-refractivity contribution is -0.161. The molecule has 2 atom stereocenters. The largest absolute Gasteiger partial charge is 0.472 e. The van der Waals surface area contributed by atoms with Gasteiger partial charge in [-0.25, -0.2) is 4.57 Å². The summed E-state index contributed by atoms with van der Waals surface area (Å²) in [4.78, 5) is 62.0. The molecule has 2 unspecified atom stereocenters. The van der Waals surface area contributed by atoms with E-state index < -0.39 is 44.3 Å². The highest BCUT2D eigenvalue weighted by Crippen LogP contribution is 2.43. The lowest BCUT2D eigenvalue weighted by atomic mass is 10.1. The summed E-state index contributed by atoms with van der Waals surface area (Å²) in [7, 11) is -4.65. The van der Waals surface area contributed by atoms with Crippen LogP contribution in [0.25, 0.3) is 10.4 Å². The minimum atomic E-state index is -4.65. The van der Waals surface area contributed by atoms with Crippen LogP contribution in [0.1, 0.15) is 194 Å². The first-order valence-electron chi connectivity index (χ1n) is 25.6. The third-order valence-electron chi connectivity index (χ3n) is 10.5. The molecule has 0 aromatic heterocycles. The summed E-state index contributed by atoms with van der Waals surface area (Å²) in [6.07, 6.45) is 38.0. The van der Waals surface area contributed by atoms with Gasteiger partial charge in [0.15, 0.2) is 6.10 Å². The molecule has 0 bridgehead atoms. The second kappa shape index (κ2) is 49.1. The maximum atomic E-state index is 12.8. The van der Waals surface area contributed by atoms with Gasteiger partial charge in [-0.1, -0.05) is 146 Å². The number of nitrogens with zero attached hydrogens (tertiary/aromatic N) is 3. The second-order valence-electron chi connectivity index (χ2n) is 16.8. The molecule has 0 aromatic carbocycles. The molecular weight excluding hydrogens is 882 g/mol. The van der Waals surface area contributed by atoms with Crippen molar-refractivity contribution in [2.75, 3.05) is 65.9 Å². The summed E-state index contributed by atoms with van der Waals surface area (Å²) in [5, 5.41) is 8.31. The molecular formula is C49H90N5O12P. The van der Waals surface area contributed by atoms with Crippen LogP contribution in [0, 0.1) is 0 Å². The highest BCUT2D eigenvalue weighted by molar-refractivity contribution is 7.47. The van der Waals surface area contributed by atoms with Crippen molar-refractivity contribution in [1.82, 2.24) is 10.6 Å². The Hall–Kier alpha value is -3.30. The van der Waals surface area contributed by atoms with Crippen LogP contribution < -0.4 is 10.6 Å². The average Bonchev–Trinajstić information content (AvgIpc) is 3.31. The number of unbranched alkanes of at least 4 members (excludes halogenated alkanes) is 22. The molecule has 0 fully saturated rings. The highest BCUT2D eigenvalue weighted by atomic mass is 31.2. The minimum Gasteiger partial charge on any atom is -0.462 e. The number of hydrogen-bond donors (Lipinski definition) is 3. The van der Waals surface area contributed by atoms with E-state index in [0.717, 1.165) is 77.0 Å². The number of carbonyl (C=O) groups excluding carboxylic acids is 4. The number of allylic oxidation sites excluding steroid dienone is 4. The summed E-state index contributed by atoms with van der Waals surface area (Å²) in [5.41, 5.74) is 8.22. The monoisotopic (exact) mass is 972 g/mol. The van der Waals surface area contributed by atoms with Crippen molar-refractivity contribution in [3.63, 3.8) is 0 Å². The zero-order chi connectivity index (χ0) is 49.2. The number of esters is 2. The standard InChI is InChI=1S/C49H90N5O12P/c1-3-5-7-9-11-13-15-17-19-21-23-25-27-29-31-33-48(57)63-41-45(66-49(58)34-32-30-28-26-24-22-20-18-16-14-12-10-8-6-4-2)42-65-67(59,60)64-40-36-52-47(56)43-61-38-35-51-46(55)44-62-39-37-53-54-50/h17-20,45H,3-16,21-44H2,1-2H3,(H,51,55)(H,52,56)(H,59,60). The van der Waals surface area contributed by atoms with Crippen molar-refractivity contribution >= 4 is 31.6 Å². The Morgan fingerprint density at radius 2 is 1.01 bits per heavy atom. The molecule has 2 amide bonds. The number of phosphoric ester groups is 1. The maximum Gasteiger partial charge on any atom is 0.472 e. The van der Waals surface area contributed by atoms with Gasteiger partial charge in [-0.3, -0.25) is 28.2 Å². The van der Waals surface area contributed by atoms with E-state index in [1.807, 2.05) is 0 Å². The number of azide groups is 1. The Balaban J connectivity index is 4.60. The molecule has 0 aromatic rings. The number of rotatable bonds is 50. The van der Waals surface area contributed by atoms with Gasteiger partial charge >= 0.3 is 19.8 Å². The van der Waals surface area contributed by atoms with Crippen LogP contribution in [0.3, 0.4) is 0 Å². The zero-order valence-corrected chi connectivity index (χ0v) is 42.4. The van der Waals surface area contributed by atoms with Gasteiger partial charge < -0.3 is 34.5 Å². The molecule has 67 heavy (non-hydrogen) atoms. The Morgan fingerprint density at radius 1 is 0.582 bits per heavy atom. The summed E-state index contributed by atoms with van der Waals surface area (Å²) in [6, 6.07) is 0. The molecule has 3 N–H and O–H groups in total. The van der Waals surface area contributed by atoms with Crippen LogP contribution in [0.2, 0.25) is 0 Å². The molecule has 0 saturated heterocycles. The molecule has 0 spiro atoms. The fraction of sp³-hybridized carbons (Fsp3) is 0.837.